The predicted molar refractivity (Wildman–Crippen MR) is 62.8 cm³/mol. The van der Waals surface area contributed by atoms with Crippen LogP contribution in [0.3, 0.4) is 0 Å². The maximum atomic E-state index is 10.8. The third-order valence-corrected chi connectivity index (χ3v) is 2.12. The van der Waals surface area contributed by atoms with Crippen LogP contribution in [0.4, 0.5) is 5.69 Å². The van der Waals surface area contributed by atoms with Crippen molar-refractivity contribution < 1.29 is 14.3 Å². The molecule has 0 aliphatic rings. The van der Waals surface area contributed by atoms with Crippen LogP contribution < -0.4 is 10.1 Å². The molecule has 0 saturated carbocycles. The first-order valence-electron chi connectivity index (χ1n) is 4.52. The Balaban J connectivity index is 2.65. The normalized spacial score (nSPS) is 10.2. The molecule has 1 N–H and O–H groups in total. The van der Waals surface area contributed by atoms with Gasteiger partial charge in [0.15, 0.2) is 0 Å². The summed E-state index contributed by atoms with van der Waals surface area (Å²) < 4.78 is 9.44. The highest BCUT2D eigenvalue weighted by Gasteiger charge is 2.00. The lowest BCUT2D eigenvalue weighted by Gasteiger charge is -2.05. The van der Waals surface area contributed by atoms with Crippen molar-refractivity contribution in [1.29, 1.82) is 0 Å². The van der Waals surface area contributed by atoms with E-state index in [1.54, 1.807) is 25.3 Å². The molecule has 0 heterocycles. The van der Waals surface area contributed by atoms with E-state index in [0.717, 1.165) is 5.69 Å². The Morgan fingerprint density at radius 3 is 2.75 bits per heavy atom. The molecular weight excluding hydrogens is 230 g/mol. The van der Waals surface area contributed by atoms with Gasteiger partial charge in [-0.15, -0.1) is 0 Å². The molecule has 0 radical (unpaired) electrons. The summed E-state index contributed by atoms with van der Waals surface area (Å²) in [6.45, 7) is 0. The van der Waals surface area contributed by atoms with E-state index in [-0.39, 0.29) is 0 Å². The van der Waals surface area contributed by atoms with Crippen LogP contribution in [0.2, 0.25) is 5.02 Å². The fourth-order valence-electron chi connectivity index (χ4n) is 1.03. The van der Waals surface area contributed by atoms with E-state index < -0.39 is 5.97 Å². The number of nitrogens with one attached hydrogen (secondary N) is 1. The van der Waals surface area contributed by atoms with Gasteiger partial charge >= 0.3 is 5.97 Å². The molecule has 4 nitrogen and oxygen atoms in total. The van der Waals surface area contributed by atoms with Gasteiger partial charge in [0.1, 0.15) is 5.75 Å². The van der Waals surface area contributed by atoms with Crippen LogP contribution >= 0.6 is 11.6 Å². The summed E-state index contributed by atoms with van der Waals surface area (Å²) >= 11 is 5.92. The topological polar surface area (TPSA) is 47.6 Å². The first kappa shape index (κ1) is 12.4. The zero-order chi connectivity index (χ0) is 12.0. The van der Waals surface area contributed by atoms with E-state index in [0.29, 0.717) is 10.8 Å². The fraction of sp³-hybridized carbons (Fsp3) is 0.182. The van der Waals surface area contributed by atoms with Gasteiger partial charge in [-0.2, -0.15) is 0 Å². The van der Waals surface area contributed by atoms with E-state index in [4.69, 9.17) is 16.3 Å². The highest BCUT2D eigenvalue weighted by atomic mass is 35.5. The molecule has 86 valence electrons. The van der Waals surface area contributed by atoms with Gasteiger partial charge in [0.05, 0.1) is 19.2 Å². The summed E-state index contributed by atoms with van der Waals surface area (Å²) in [5, 5.41) is 3.38. The molecule has 0 bridgehead atoms. The Bertz CT molecular complexity index is 404. The molecule has 5 heteroatoms. The van der Waals surface area contributed by atoms with Crippen molar-refractivity contribution in [3.8, 4) is 5.75 Å². The van der Waals surface area contributed by atoms with Crippen LogP contribution in [0.25, 0.3) is 0 Å². The van der Waals surface area contributed by atoms with Crippen molar-refractivity contribution in [1.82, 2.24) is 0 Å². The van der Waals surface area contributed by atoms with Crippen molar-refractivity contribution in [2.45, 2.75) is 0 Å². The fourth-order valence-corrected chi connectivity index (χ4v) is 1.29. The largest absolute Gasteiger partial charge is 0.495 e. The van der Waals surface area contributed by atoms with Crippen LogP contribution in [0.5, 0.6) is 5.75 Å². The Morgan fingerprint density at radius 1 is 1.44 bits per heavy atom. The van der Waals surface area contributed by atoms with E-state index in [1.807, 2.05) is 0 Å². The lowest BCUT2D eigenvalue weighted by Crippen LogP contribution is -1.96. The minimum atomic E-state index is -0.424. The minimum absolute atomic E-state index is 0.424. The number of hydrogen-bond acceptors (Lipinski definition) is 4. The monoisotopic (exact) mass is 241 g/mol. The van der Waals surface area contributed by atoms with E-state index in [2.05, 4.69) is 10.1 Å². The smallest absolute Gasteiger partial charge is 0.331 e. The van der Waals surface area contributed by atoms with Gasteiger partial charge in [0, 0.05) is 18.0 Å². The number of ether oxygens (including phenoxy) is 2. The molecule has 0 aliphatic carbocycles. The maximum Gasteiger partial charge on any atom is 0.331 e. The van der Waals surface area contributed by atoms with Crippen molar-refractivity contribution in [3.05, 3.63) is 35.5 Å². The van der Waals surface area contributed by atoms with Crippen molar-refractivity contribution >= 4 is 23.3 Å². The number of methoxy groups -OCH3 is 2. The first-order valence-corrected chi connectivity index (χ1v) is 4.89. The molecular formula is C11H12ClNO3. The molecule has 0 aromatic heterocycles. The highest BCUT2D eigenvalue weighted by Crippen LogP contribution is 2.27. The average Bonchev–Trinajstić information content (AvgIpc) is 2.29. The van der Waals surface area contributed by atoms with Gasteiger partial charge in [-0.3, -0.25) is 0 Å². The summed E-state index contributed by atoms with van der Waals surface area (Å²) in [6, 6.07) is 5.21. The van der Waals surface area contributed by atoms with Crippen molar-refractivity contribution in [2.75, 3.05) is 19.5 Å². The summed E-state index contributed by atoms with van der Waals surface area (Å²) in [5.74, 6) is 0.177. The molecule has 0 spiro atoms. The number of anilines is 1. The zero-order valence-corrected chi connectivity index (χ0v) is 9.75. The van der Waals surface area contributed by atoms with Gasteiger partial charge in [-0.1, -0.05) is 11.6 Å². The second kappa shape index (κ2) is 6.02. The molecule has 1 rings (SSSR count). The molecule has 1 aromatic rings. The summed E-state index contributed by atoms with van der Waals surface area (Å²) in [7, 11) is 2.86. The van der Waals surface area contributed by atoms with Crippen molar-refractivity contribution in [3.63, 3.8) is 0 Å². The molecule has 0 atom stereocenters. The second-order valence-corrected chi connectivity index (χ2v) is 3.26. The lowest BCUT2D eigenvalue weighted by molar-refractivity contribution is -0.134. The number of carbonyl (C=O) groups is 1. The second-order valence-electron chi connectivity index (χ2n) is 2.85. The molecule has 0 amide bonds. The van der Waals surface area contributed by atoms with Crippen LogP contribution in [-0.2, 0) is 9.53 Å². The first-order chi connectivity index (χ1) is 7.67. The SMILES string of the molecule is COC(=O)/C=C\Nc1ccc(OC)c(Cl)c1. The summed E-state index contributed by atoms with van der Waals surface area (Å²) in [4.78, 5) is 10.8. The molecule has 0 saturated heterocycles. The number of halogens is 1. The number of rotatable bonds is 4. The molecule has 16 heavy (non-hydrogen) atoms. The van der Waals surface area contributed by atoms with E-state index >= 15 is 0 Å². The number of benzene rings is 1. The third-order valence-electron chi connectivity index (χ3n) is 1.82. The summed E-state index contributed by atoms with van der Waals surface area (Å²) in [6.07, 6.45) is 2.75. The zero-order valence-electron chi connectivity index (χ0n) is 8.99. The van der Waals surface area contributed by atoms with Gasteiger partial charge < -0.3 is 14.8 Å². The molecule has 0 aliphatic heterocycles. The Morgan fingerprint density at radius 2 is 2.19 bits per heavy atom. The van der Waals surface area contributed by atoms with Crippen LogP contribution in [0.15, 0.2) is 30.5 Å². The molecule has 0 fully saturated rings. The Hall–Kier alpha value is -1.68. The van der Waals surface area contributed by atoms with E-state index in [1.165, 1.54) is 19.4 Å². The third kappa shape index (κ3) is 3.47. The predicted octanol–water partition coefficient (Wildman–Crippen LogP) is 2.45. The quantitative estimate of drug-likeness (QED) is 0.650. The number of esters is 1. The van der Waals surface area contributed by atoms with Crippen LogP contribution in [-0.4, -0.2) is 20.2 Å². The molecule has 1 aromatic carbocycles. The van der Waals surface area contributed by atoms with Crippen LogP contribution in [0, 0.1) is 0 Å². The highest BCUT2D eigenvalue weighted by molar-refractivity contribution is 6.32. The minimum Gasteiger partial charge on any atom is -0.495 e. The molecule has 0 unspecified atom stereocenters. The van der Waals surface area contributed by atoms with Gasteiger partial charge in [0.2, 0.25) is 0 Å². The van der Waals surface area contributed by atoms with Crippen LogP contribution in [0.1, 0.15) is 0 Å². The number of hydrogen-bond donors (Lipinski definition) is 1. The van der Waals surface area contributed by atoms with E-state index in [9.17, 15) is 4.79 Å². The Labute approximate surface area is 98.8 Å². The number of carbonyl (C=O) groups excluding carboxylic acids is 1. The van der Waals surface area contributed by atoms with Gasteiger partial charge in [-0.05, 0) is 18.2 Å². The summed E-state index contributed by atoms with van der Waals surface area (Å²) in [5.41, 5.74) is 0.756. The van der Waals surface area contributed by atoms with Crippen molar-refractivity contribution in [2.24, 2.45) is 0 Å². The Kier molecular flexibility index (Phi) is 4.66. The van der Waals surface area contributed by atoms with Gasteiger partial charge in [-0.25, -0.2) is 4.79 Å². The standard InChI is InChI=1S/C11H12ClNO3/c1-15-10-4-3-8(7-9(10)12)13-6-5-11(14)16-2/h3-7,13H,1-2H3/b6-5-. The lowest BCUT2D eigenvalue weighted by atomic mass is 10.3. The maximum absolute atomic E-state index is 10.8. The van der Waals surface area contributed by atoms with Gasteiger partial charge in [0.25, 0.3) is 0 Å². The average molecular weight is 242 g/mol.